The van der Waals surface area contributed by atoms with Gasteiger partial charge in [0.1, 0.15) is 24.2 Å². The average molecular weight is 363 g/mol. The first-order valence-corrected chi connectivity index (χ1v) is 9.38. The zero-order valence-electron chi connectivity index (χ0n) is 16.6. The molecule has 0 fully saturated rings. The number of rotatable bonds is 15. The Bertz CT molecular complexity index is 499. The van der Waals surface area contributed by atoms with Crippen molar-refractivity contribution in [3.8, 4) is 0 Å². The number of unbranched alkanes of at least 4 members (excludes halogenated alkanes) is 1. The van der Waals surface area contributed by atoms with Crippen LogP contribution in [0.1, 0.15) is 46.5 Å². The van der Waals surface area contributed by atoms with Gasteiger partial charge in [-0.2, -0.15) is 0 Å². The molecule has 26 heavy (non-hydrogen) atoms. The van der Waals surface area contributed by atoms with Crippen molar-refractivity contribution in [3.05, 3.63) is 35.8 Å². The normalized spacial score (nSPS) is 14.3. The second-order valence-electron chi connectivity index (χ2n) is 6.19. The van der Waals surface area contributed by atoms with Gasteiger partial charge in [0, 0.05) is 18.5 Å². The van der Waals surface area contributed by atoms with E-state index in [0.29, 0.717) is 24.2 Å². The van der Waals surface area contributed by atoms with Gasteiger partial charge < -0.3 is 19.6 Å². The first-order valence-electron chi connectivity index (χ1n) is 9.38. The van der Waals surface area contributed by atoms with Gasteiger partial charge in [0.2, 0.25) is 0 Å². The van der Waals surface area contributed by atoms with Crippen LogP contribution in [-0.4, -0.2) is 39.0 Å². The Balaban J connectivity index is 4.78. The Kier molecular flexibility index (Phi) is 15.2. The topological polar surface area (TPSA) is 67.8 Å². The summed E-state index contributed by atoms with van der Waals surface area (Å²) in [7, 11) is 1.89. The van der Waals surface area contributed by atoms with Gasteiger partial charge in [-0.25, -0.2) is 0 Å². The van der Waals surface area contributed by atoms with Gasteiger partial charge in [-0.15, -0.1) is 0 Å². The van der Waals surface area contributed by atoms with Crippen molar-refractivity contribution in [3.63, 3.8) is 0 Å². The summed E-state index contributed by atoms with van der Waals surface area (Å²) in [5.74, 6) is 0.610. The van der Waals surface area contributed by atoms with Crippen LogP contribution in [0.15, 0.2) is 40.8 Å². The standard InChI is InChI=1S/C21H34N2O3/c1-5-7-10-19(6-2)17-26-21(12-13-22-4)11-8-9-18(3)23-14-20(15-24)16-25/h8-9,11-12,14-16,19-20,22H,5-7,10,13,17H2,1-4H3/b11-8-,18-9+,21-12-,23-14?. The molecule has 0 radical (unpaired) electrons. The lowest BCUT2D eigenvalue weighted by molar-refractivity contribution is -0.116. The molecule has 0 spiro atoms. The van der Waals surface area contributed by atoms with E-state index in [-0.39, 0.29) is 0 Å². The molecule has 0 aromatic rings. The molecule has 1 atom stereocenters. The molecule has 5 heteroatoms. The van der Waals surface area contributed by atoms with Crippen molar-refractivity contribution in [2.45, 2.75) is 46.5 Å². The molecule has 146 valence electrons. The van der Waals surface area contributed by atoms with Crippen LogP contribution in [0.3, 0.4) is 0 Å². The molecule has 0 rings (SSSR count). The van der Waals surface area contributed by atoms with E-state index in [0.717, 1.165) is 25.3 Å². The van der Waals surface area contributed by atoms with Crippen molar-refractivity contribution < 1.29 is 14.3 Å². The molecule has 5 nitrogen and oxygen atoms in total. The lowest BCUT2D eigenvalue weighted by atomic mass is 10.0. The predicted molar refractivity (Wildman–Crippen MR) is 108 cm³/mol. The van der Waals surface area contributed by atoms with Crippen LogP contribution in [0.5, 0.6) is 0 Å². The smallest absolute Gasteiger partial charge is 0.135 e. The SMILES string of the molecule is CCCCC(CC)COC(/C=C\C=C(/C)N=CC(C=O)C=O)=C\CNC. The third kappa shape index (κ3) is 12.4. The molecule has 0 heterocycles. The third-order valence-electron chi connectivity index (χ3n) is 3.90. The number of carbonyl (C=O) groups is 2. The van der Waals surface area contributed by atoms with Crippen molar-refractivity contribution in [1.82, 2.24) is 5.32 Å². The predicted octanol–water partition coefficient (Wildman–Crippen LogP) is 3.87. The first kappa shape index (κ1) is 24.0. The number of nitrogens with one attached hydrogen (secondary N) is 1. The molecule has 1 N–H and O–H groups in total. The molecule has 0 bridgehead atoms. The van der Waals surface area contributed by atoms with E-state index in [9.17, 15) is 9.59 Å². The zero-order valence-corrected chi connectivity index (χ0v) is 16.6. The fourth-order valence-corrected chi connectivity index (χ4v) is 2.12. The number of aliphatic imine (C=N–C) groups is 1. The minimum atomic E-state index is -0.786. The van der Waals surface area contributed by atoms with Crippen molar-refractivity contribution in [2.24, 2.45) is 16.8 Å². The molecule has 1 unspecified atom stereocenters. The summed E-state index contributed by atoms with van der Waals surface area (Å²) < 4.78 is 5.98. The number of hydrogen-bond acceptors (Lipinski definition) is 5. The van der Waals surface area contributed by atoms with Crippen LogP contribution in [0.2, 0.25) is 0 Å². The number of ether oxygens (including phenoxy) is 1. The van der Waals surface area contributed by atoms with E-state index in [1.54, 1.807) is 0 Å². The Labute approximate surface area is 158 Å². The zero-order chi connectivity index (χ0) is 19.6. The number of hydrogen-bond donors (Lipinski definition) is 1. The van der Waals surface area contributed by atoms with Crippen LogP contribution in [0, 0.1) is 11.8 Å². The molecule has 0 aromatic heterocycles. The Morgan fingerprint density at radius 1 is 1.23 bits per heavy atom. The summed E-state index contributed by atoms with van der Waals surface area (Å²) in [4.78, 5) is 25.3. The van der Waals surface area contributed by atoms with Gasteiger partial charge in [-0.1, -0.05) is 39.2 Å². The van der Waals surface area contributed by atoms with E-state index in [1.807, 2.05) is 38.3 Å². The maximum atomic E-state index is 10.6. The molecular weight excluding hydrogens is 328 g/mol. The maximum absolute atomic E-state index is 10.6. The highest BCUT2D eigenvalue weighted by Crippen LogP contribution is 2.15. The molecule has 0 aliphatic carbocycles. The van der Waals surface area contributed by atoms with Gasteiger partial charge in [0.05, 0.1) is 6.61 Å². The summed E-state index contributed by atoms with van der Waals surface area (Å²) in [6.45, 7) is 7.66. The fourth-order valence-electron chi connectivity index (χ4n) is 2.12. The second-order valence-corrected chi connectivity index (χ2v) is 6.19. The fraction of sp³-hybridized carbons (Fsp3) is 0.571. The minimum absolute atomic E-state index is 0.564. The van der Waals surface area contributed by atoms with Crippen LogP contribution < -0.4 is 5.32 Å². The number of nitrogens with zero attached hydrogens (tertiary/aromatic N) is 1. The molecule has 0 amide bonds. The average Bonchev–Trinajstić information content (AvgIpc) is 2.66. The summed E-state index contributed by atoms with van der Waals surface area (Å²) in [6.07, 6.45) is 14.8. The Hall–Kier alpha value is -2.01. The van der Waals surface area contributed by atoms with Crippen molar-refractivity contribution in [2.75, 3.05) is 20.2 Å². The highest BCUT2D eigenvalue weighted by molar-refractivity contribution is 5.97. The minimum Gasteiger partial charge on any atom is -0.494 e. The molecule has 0 aliphatic heterocycles. The van der Waals surface area contributed by atoms with E-state index in [1.165, 1.54) is 25.5 Å². The highest BCUT2D eigenvalue weighted by Gasteiger charge is 2.07. The van der Waals surface area contributed by atoms with Crippen molar-refractivity contribution >= 4 is 18.8 Å². The van der Waals surface area contributed by atoms with Gasteiger partial charge in [-0.05, 0) is 44.5 Å². The summed E-state index contributed by atoms with van der Waals surface area (Å²) in [6, 6.07) is 0. The lowest BCUT2D eigenvalue weighted by Crippen LogP contribution is -2.10. The summed E-state index contributed by atoms with van der Waals surface area (Å²) in [5, 5.41) is 3.08. The van der Waals surface area contributed by atoms with E-state index < -0.39 is 5.92 Å². The van der Waals surface area contributed by atoms with Crippen LogP contribution in [-0.2, 0) is 14.3 Å². The third-order valence-corrected chi connectivity index (χ3v) is 3.90. The first-order chi connectivity index (χ1) is 12.6. The Morgan fingerprint density at radius 2 is 1.96 bits per heavy atom. The van der Waals surface area contributed by atoms with Crippen molar-refractivity contribution in [1.29, 1.82) is 0 Å². The lowest BCUT2D eigenvalue weighted by Gasteiger charge is -2.16. The van der Waals surface area contributed by atoms with Crippen LogP contribution in [0.4, 0.5) is 0 Å². The largest absolute Gasteiger partial charge is 0.494 e. The van der Waals surface area contributed by atoms with Gasteiger partial charge in [-0.3, -0.25) is 4.99 Å². The summed E-state index contributed by atoms with van der Waals surface area (Å²) >= 11 is 0. The van der Waals surface area contributed by atoms with Gasteiger partial charge in [0.15, 0.2) is 0 Å². The van der Waals surface area contributed by atoms with E-state index >= 15 is 0 Å². The van der Waals surface area contributed by atoms with Crippen LogP contribution in [0.25, 0.3) is 0 Å². The molecule has 0 saturated carbocycles. The van der Waals surface area contributed by atoms with Gasteiger partial charge >= 0.3 is 0 Å². The second kappa shape index (κ2) is 16.5. The molecular formula is C21H34N2O3. The number of aldehydes is 2. The molecule has 0 aliphatic rings. The number of carbonyl (C=O) groups excluding carboxylic acids is 2. The van der Waals surface area contributed by atoms with E-state index in [2.05, 4.69) is 24.2 Å². The molecule has 0 saturated heterocycles. The maximum Gasteiger partial charge on any atom is 0.135 e. The monoisotopic (exact) mass is 362 g/mol. The quantitative estimate of drug-likeness (QED) is 0.158. The van der Waals surface area contributed by atoms with E-state index in [4.69, 9.17) is 4.74 Å². The molecule has 0 aromatic carbocycles. The van der Waals surface area contributed by atoms with Crippen LogP contribution >= 0.6 is 0 Å². The van der Waals surface area contributed by atoms with Gasteiger partial charge in [0.25, 0.3) is 0 Å². The highest BCUT2D eigenvalue weighted by atomic mass is 16.5. The number of likely N-dealkylation sites (N-methyl/N-ethyl adjacent to an activating group) is 1. The summed E-state index contributed by atoms with van der Waals surface area (Å²) in [5.41, 5.74) is 0.706. The Morgan fingerprint density at radius 3 is 2.54 bits per heavy atom. The number of allylic oxidation sites excluding steroid dienone is 4.